The van der Waals surface area contributed by atoms with Gasteiger partial charge in [-0.15, -0.1) is 0 Å². The first-order valence-electron chi connectivity index (χ1n) is 12.2. The lowest BCUT2D eigenvalue weighted by molar-refractivity contribution is -0.134. The highest BCUT2D eigenvalue weighted by molar-refractivity contribution is 6.05. The van der Waals surface area contributed by atoms with Gasteiger partial charge < -0.3 is 24.3 Å². The van der Waals surface area contributed by atoms with E-state index >= 15 is 0 Å². The van der Waals surface area contributed by atoms with Gasteiger partial charge in [0.05, 0.1) is 26.3 Å². The first kappa shape index (κ1) is 23.5. The summed E-state index contributed by atoms with van der Waals surface area (Å²) in [6, 6.07) is 5.73. The van der Waals surface area contributed by atoms with Crippen LogP contribution in [0.1, 0.15) is 69.8 Å². The molecule has 180 valence electrons. The molecule has 2 aromatic rings. The van der Waals surface area contributed by atoms with Crippen LogP contribution in [0, 0.1) is 5.92 Å². The van der Waals surface area contributed by atoms with Crippen molar-refractivity contribution >= 4 is 22.7 Å². The van der Waals surface area contributed by atoms with Crippen LogP contribution in [0.25, 0.3) is 10.9 Å². The van der Waals surface area contributed by atoms with Crippen molar-refractivity contribution in [2.45, 2.75) is 77.4 Å². The van der Waals surface area contributed by atoms with Crippen LogP contribution >= 0.6 is 0 Å². The maximum absolute atomic E-state index is 13.8. The Kier molecular flexibility index (Phi) is 6.59. The van der Waals surface area contributed by atoms with Gasteiger partial charge in [-0.1, -0.05) is 33.1 Å². The molecule has 7 heteroatoms. The van der Waals surface area contributed by atoms with Gasteiger partial charge in [0.25, 0.3) is 5.91 Å². The van der Waals surface area contributed by atoms with Crippen LogP contribution in [-0.2, 0) is 11.3 Å². The number of nitrogens with zero attached hydrogens (tertiary/aromatic N) is 2. The van der Waals surface area contributed by atoms with E-state index in [1.54, 1.807) is 19.1 Å². The summed E-state index contributed by atoms with van der Waals surface area (Å²) >= 11 is 0. The number of rotatable bonds is 7. The Morgan fingerprint density at radius 2 is 1.88 bits per heavy atom. The standard InChI is InChI=1S/C26H37N3O4/c1-6-7-14-29-24(30)20-15-18-21(32-4)12-13-22(33-5)23(18)28(20)16-26(29,3)25(31)27-19-11-9-8-10-17(19)2/h12-13,15,17,19H,6-11,14,16H2,1-5H3,(H,27,31)/t17-,19-,26-/m1/s1. The van der Waals surface area contributed by atoms with Gasteiger partial charge in [-0.3, -0.25) is 9.59 Å². The predicted octanol–water partition coefficient (Wildman–Crippen LogP) is 4.37. The topological polar surface area (TPSA) is 72.8 Å². The van der Waals surface area contributed by atoms with Crippen LogP contribution in [0.3, 0.4) is 0 Å². The first-order chi connectivity index (χ1) is 15.8. The minimum absolute atomic E-state index is 0.0694. The minimum Gasteiger partial charge on any atom is -0.496 e. The van der Waals surface area contributed by atoms with Gasteiger partial charge >= 0.3 is 0 Å². The molecule has 2 aliphatic rings. The Hall–Kier alpha value is -2.70. The van der Waals surface area contributed by atoms with Crippen LogP contribution in [0.15, 0.2) is 18.2 Å². The van der Waals surface area contributed by atoms with E-state index in [9.17, 15) is 9.59 Å². The van der Waals surface area contributed by atoms with Gasteiger partial charge in [0.1, 0.15) is 22.7 Å². The molecule has 0 unspecified atom stereocenters. The first-order valence-corrected chi connectivity index (χ1v) is 12.2. The number of benzene rings is 1. The molecule has 2 heterocycles. The summed E-state index contributed by atoms with van der Waals surface area (Å²) in [6.07, 6.45) is 6.27. The highest BCUT2D eigenvalue weighted by atomic mass is 16.5. The van der Waals surface area contributed by atoms with Gasteiger partial charge in [0, 0.05) is 18.0 Å². The Morgan fingerprint density at radius 1 is 1.18 bits per heavy atom. The molecule has 4 rings (SSSR count). The van der Waals surface area contributed by atoms with E-state index in [2.05, 4.69) is 19.2 Å². The van der Waals surface area contributed by atoms with E-state index in [-0.39, 0.29) is 17.9 Å². The minimum atomic E-state index is -0.990. The fraction of sp³-hybridized carbons (Fsp3) is 0.615. The molecule has 0 spiro atoms. The van der Waals surface area contributed by atoms with Crippen molar-refractivity contribution < 1.29 is 19.1 Å². The molecule has 0 radical (unpaired) electrons. The van der Waals surface area contributed by atoms with E-state index in [0.717, 1.165) is 43.0 Å². The van der Waals surface area contributed by atoms with Gasteiger partial charge in [-0.25, -0.2) is 0 Å². The molecule has 3 atom stereocenters. The number of hydrogen-bond donors (Lipinski definition) is 1. The van der Waals surface area contributed by atoms with Crippen molar-refractivity contribution in [1.82, 2.24) is 14.8 Å². The maximum Gasteiger partial charge on any atom is 0.271 e. The second-order valence-corrected chi connectivity index (χ2v) is 9.77. The number of ether oxygens (including phenoxy) is 2. The molecular formula is C26H37N3O4. The summed E-state index contributed by atoms with van der Waals surface area (Å²) in [7, 11) is 3.24. The van der Waals surface area contributed by atoms with Gasteiger partial charge in [-0.05, 0) is 50.3 Å². The van der Waals surface area contributed by atoms with E-state index in [1.807, 2.05) is 29.7 Å². The number of nitrogens with one attached hydrogen (secondary N) is 1. The zero-order valence-corrected chi connectivity index (χ0v) is 20.6. The smallest absolute Gasteiger partial charge is 0.271 e. The zero-order chi connectivity index (χ0) is 23.8. The zero-order valence-electron chi connectivity index (χ0n) is 20.6. The number of carbonyl (C=O) groups excluding carboxylic acids is 2. The Morgan fingerprint density at radius 3 is 2.55 bits per heavy atom. The van der Waals surface area contributed by atoms with Crippen molar-refractivity contribution in [3.8, 4) is 11.5 Å². The highest BCUT2D eigenvalue weighted by Crippen LogP contribution is 2.40. The summed E-state index contributed by atoms with van der Waals surface area (Å²) in [5.41, 5.74) is 0.372. The molecule has 1 aromatic heterocycles. The van der Waals surface area contributed by atoms with Gasteiger partial charge in [0.15, 0.2) is 0 Å². The van der Waals surface area contributed by atoms with Crippen LogP contribution in [0.5, 0.6) is 11.5 Å². The third kappa shape index (κ3) is 3.96. The van der Waals surface area contributed by atoms with Crippen LogP contribution in [0.2, 0.25) is 0 Å². The van der Waals surface area contributed by atoms with Crippen molar-refractivity contribution in [1.29, 1.82) is 0 Å². The van der Waals surface area contributed by atoms with E-state index in [1.165, 1.54) is 6.42 Å². The molecule has 1 aromatic carbocycles. The number of amides is 2. The van der Waals surface area contributed by atoms with Crippen LogP contribution in [0.4, 0.5) is 0 Å². The number of fused-ring (bicyclic) bond motifs is 3. The Labute approximate surface area is 196 Å². The van der Waals surface area contributed by atoms with Gasteiger partial charge in [0.2, 0.25) is 5.91 Å². The molecule has 1 aliphatic heterocycles. The molecule has 1 fully saturated rings. The second kappa shape index (κ2) is 9.27. The lowest BCUT2D eigenvalue weighted by atomic mass is 9.85. The Balaban J connectivity index is 1.79. The molecule has 0 bridgehead atoms. The SMILES string of the molecule is CCCCN1C(=O)c2cc3c(OC)ccc(OC)c3n2C[C@]1(C)C(=O)N[C@@H]1CCCC[C@H]1C. The third-order valence-corrected chi connectivity index (χ3v) is 7.60. The summed E-state index contributed by atoms with van der Waals surface area (Å²) in [4.78, 5) is 29.4. The fourth-order valence-electron chi connectivity index (χ4n) is 5.48. The van der Waals surface area contributed by atoms with E-state index in [4.69, 9.17) is 9.47 Å². The van der Waals surface area contributed by atoms with Gasteiger partial charge in [-0.2, -0.15) is 0 Å². The number of aromatic nitrogens is 1. The van der Waals surface area contributed by atoms with Crippen LogP contribution in [-0.4, -0.2) is 53.6 Å². The van der Waals surface area contributed by atoms with Crippen molar-refractivity contribution in [2.75, 3.05) is 20.8 Å². The average molecular weight is 456 g/mol. The molecule has 1 N–H and O–H groups in total. The third-order valence-electron chi connectivity index (χ3n) is 7.60. The summed E-state index contributed by atoms with van der Waals surface area (Å²) < 4.78 is 13.2. The second-order valence-electron chi connectivity index (χ2n) is 9.77. The van der Waals surface area contributed by atoms with Crippen molar-refractivity contribution in [3.63, 3.8) is 0 Å². The molecular weight excluding hydrogens is 418 g/mol. The maximum atomic E-state index is 13.8. The predicted molar refractivity (Wildman–Crippen MR) is 129 cm³/mol. The highest BCUT2D eigenvalue weighted by Gasteiger charge is 2.48. The average Bonchev–Trinajstić information content (AvgIpc) is 3.19. The van der Waals surface area contributed by atoms with Crippen LogP contribution < -0.4 is 14.8 Å². The quantitative estimate of drug-likeness (QED) is 0.673. The lowest BCUT2D eigenvalue weighted by Crippen LogP contribution is -2.65. The fourth-order valence-corrected chi connectivity index (χ4v) is 5.48. The summed E-state index contributed by atoms with van der Waals surface area (Å²) in [5, 5.41) is 4.15. The lowest BCUT2D eigenvalue weighted by Gasteiger charge is -2.45. The molecule has 1 aliphatic carbocycles. The summed E-state index contributed by atoms with van der Waals surface area (Å²) in [5.74, 6) is 1.60. The normalized spacial score (nSPS) is 25.1. The largest absolute Gasteiger partial charge is 0.496 e. The van der Waals surface area contributed by atoms with E-state index in [0.29, 0.717) is 36.2 Å². The van der Waals surface area contributed by atoms with Crippen molar-refractivity contribution in [3.05, 3.63) is 23.9 Å². The molecule has 7 nitrogen and oxygen atoms in total. The number of carbonyl (C=O) groups is 2. The summed E-state index contributed by atoms with van der Waals surface area (Å²) in [6.45, 7) is 7.14. The monoisotopic (exact) mass is 455 g/mol. The molecule has 1 saturated carbocycles. The molecule has 2 amide bonds. The molecule has 0 saturated heterocycles. The molecule has 33 heavy (non-hydrogen) atoms. The van der Waals surface area contributed by atoms with E-state index < -0.39 is 5.54 Å². The number of methoxy groups -OCH3 is 2. The Bertz CT molecular complexity index is 1050. The number of unbranched alkanes of at least 4 members (excludes halogenated alkanes) is 1. The number of hydrogen-bond acceptors (Lipinski definition) is 4. The van der Waals surface area contributed by atoms with Crippen molar-refractivity contribution in [2.24, 2.45) is 5.92 Å².